The first kappa shape index (κ1) is 19.4. The highest BCUT2D eigenvalue weighted by molar-refractivity contribution is 5.79. The summed E-state index contributed by atoms with van der Waals surface area (Å²) in [5.41, 5.74) is 1.52. The molecular weight excluding hydrogens is 295 g/mol. The van der Waals surface area contributed by atoms with Gasteiger partial charge in [0.05, 0.1) is 13.2 Å². The molecule has 0 radical (unpaired) electrons. The molecule has 0 aliphatic rings. The van der Waals surface area contributed by atoms with E-state index >= 15 is 0 Å². The van der Waals surface area contributed by atoms with E-state index in [9.17, 15) is 4.39 Å². The van der Waals surface area contributed by atoms with Gasteiger partial charge in [0.25, 0.3) is 0 Å². The van der Waals surface area contributed by atoms with Crippen molar-refractivity contribution in [3.63, 3.8) is 0 Å². The maximum Gasteiger partial charge on any atom is 0.191 e. The zero-order valence-corrected chi connectivity index (χ0v) is 14.7. The van der Waals surface area contributed by atoms with Crippen LogP contribution in [-0.2, 0) is 11.3 Å². The first-order valence-corrected chi connectivity index (χ1v) is 8.01. The summed E-state index contributed by atoms with van der Waals surface area (Å²) in [5, 5.41) is 6.48. The van der Waals surface area contributed by atoms with Crippen molar-refractivity contribution in [3.05, 3.63) is 35.1 Å². The fraction of sp³-hybridized carbons (Fsp3) is 0.588. The minimum absolute atomic E-state index is 0.185. The SMILES string of the molecule is CCNC(=NCc1ccc(C)c(F)c1)NCCN(C)CCOC. The van der Waals surface area contributed by atoms with Crippen LogP contribution in [-0.4, -0.2) is 57.8 Å². The van der Waals surface area contributed by atoms with Crippen molar-refractivity contribution in [2.75, 3.05) is 46.9 Å². The molecule has 0 unspecified atom stereocenters. The number of hydrogen-bond donors (Lipinski definition) is 2. The van der Waals surface area contributed by atoms with E-state index in [4.69, 9.17) is 4.74 Å². The quantitative estimate of drug-likeness (QED) is 0.537. The molecule has 0 aliphatic carbocycles. The van der Waals surface area contributed by atoms with E-state index in [-0.39, 0.29) is 5.82 Å². The van der Waals surface area contributed by atoms with Gasteiger partial charge in [-0.25, -0.2) is 9.38 Å². The molecule has 6 heteroatoms. The molecule has 0 spiro atoms. The highest BCUT2D eigenvalue weighted by atomic mass is 19.1. The number of halogens is 1. The molecule has 5 nitrogen and oxygen atoms in total. The minimum atomic E-state index is -0.185. The maximum absolute atomic E-state index is 13.5. The van der Waals surface area contributed by atoms with Crippen LogP contribution in [0.2, 0.25) is 0 Å². The number of guanidine groups is 1. The van der Waals surface area contributed by atoms with Gasteiger partial charge in [0.2, 0.25) is 0 Å². The molecule has 130 valence electrons. The van der Waals surface area contributed by atoms with E-state index < -0.39 is 0 Å². The molecule has 0 fully saturated rings. The van der Waals surface area contributed by atoms with Crippen LogP contribution in [0.1, 0.15) is 18.1 Å². The summed E-state index contributed by atoms with van der Waals surface area (Å²) in [4.78, 5) is 6.69. The predicted molar refractivity (Wildman–Crippen MR) is 93.3 cm³/mol. The summed E-state index contributed by atoms with van der Waals surface area (Å²) in [5.74, 6) is 0.559. The molecule has 0 atom stereocenters. The Morgan fingerprint density at radius 3 is 2.74 bits per heavy atom. The number of nitrogens with zero attached hydrogens (tertiary/aromatic N) is 2. The van der Waals surface area contributed by atoms with Gasteiger partial charge in [-0.2, -0.15) is 0 Å². The van der Waals surface area contributed by atoms with Gasteiger partial charge in [0.1, 0.15) is 5.82 Å². The average molecular weight is 324 g/mol. The van der Waals surface area contributed by atoms with Crippen molar-refractivity contribution < 1.29 is 9.13 Å². The highest BCUT2D eigenvalue weighted by Gasteiger charge is 2.02. The summed E-state index contributed by atoms with van der Waals surface area (Å²) in [7, 11) is 3.76. The lowest BCUT2D eigenvalue weighted by atomic mass is 10.1. The zero-order valence-electron chi connectivity index (χ0n) is 14.7. The number of ether oxygens (including phenoxy) is 1. The molecule has 0 heterocycles. The van der Waals surface area contributed by atoms with Crippen molar-refractivity contribution in [2.24, 2.45) is 4.99 Å². The molecule has 1 aromatic carbocycles. The average Bonchev–Trinajstić information content (AvgIpc) is 2.53. The van der Waals surface area contributed by atoms with Crippen molar-refractivity contribution in [1.82, 2.24) is 15.5 Å². The van der Waals surface area contributed by atoms with Gasteiger partial charge in [0.15, 0.2) is 5.96 Å². The van der Waals surface area contributed by atoms with Crippen LogP contribution in [0.15, 0.2) is 23.2 Å². The van der Waals surface area contributed by atoms with Crippen LogP contribution in [0.5, 0.6) is 0 Å². The van der Waals surface area contributed by atoms with Crippen LogP contribution in [0.25, 0.3) is 0 Å². The number of rotatable bonds is 9. The van der Waals surface area contributed by atoms with Gasteiger partial charge in [-0.3, -0.25) is 0 Å². The van der Waals surface area contributed by atoms with Crippen molar-refractivity contribution in [3.8, 4) is 0 Å². The molecule has 0 saturated heterocycles. The number of hydrogen-bond acceptors (Lipinski definition) is 3. The predicted octanol–water partition coefficient (Wildman–Crippen LogP) is 1.77. The Bertz CT molecular complexity index is 493. The molecule has 0 amide bonds. The third-order valence-electron chi connectivity index (χ3n) is 3.46. The molecule has 0 aliphatic heterocycles. The Morgan fingerprint density at radius 2 is 2.09 bits per heavy atom. The van der Waals surface area contributed by atoms with Gasteiger partial charge in [-0.1, -0.05) is 12.1 Å². The van der Waals surface area contributed by atoms with E-state index in [1.807, 2.05) is 13.0 Å². The number of methoxy groups -OCH3 is 1. The van der Waals surface area contributed by atoms with Crippen LogP contribution in [0, 0.1) is 12.7 Å². The maximum atomic E-state index is 13.5. The Balaban J connectivity index is 2.47. The lowest BCUT2D eigenvalue weighted by Gasteiger charge is -2.17. The van der Waals surface area contributed by atoms with Gasteiger partial charge < -0.3 is 20.3 Å². The van der Waals surface area contributed by atoms with Crippen LogP contribution < -0.4 is 10.6 Å². The van der Waals surface area contributed by atoms with Crippen LogP contribution in [0.4, 0.5) is 4.39 Å². The topological polar surface area (TPSA) is 48.9 Å². The second-order valence-electron chi connectivity index (χ2n) is 5.50. The molecule has 0 aromatic heterocycles. The molecular formula is C17H29FN4O. The Hall–Kier alpha value is -1.66. The molecule has 23 heavy (non-hydrogen) atoms. The van der Waals surface area contributed by atoms with Crippen LogP contribution in [0.3, 0.4) is 0 Å². The normalized spacial score (nSPS) is 11.8. The Kier molecular flexibility index (Phi) is 9.24. The zero-order chi connectivity index (χ0) is 17.1. The second-order valence-corrected chi connectivity index (χ2v) is 5.50. The smallest absolute Gasteiger partial charge is 0.191 e. The molecule has 0 bridgehead atoms. The van der Waals surface area contributed by atoms with Crippen LogP contribution >= 0.6 is 0 Å². The van der Waals surface area contributed by atoms with E-state index in [1.165, 1.54) is 0 Å². The summed E-state index contributed by atoms with van der Waals surface area (Å²) < 4.78 is 18.6. The summed E-state index contributed by atoms with van der Waals surface area (Å²) in [6.07, 6.45) is 0. The van der Waals surface area contributed by atoms with Gasteiger partial charge in [-0.05, 0) is 38.1 Å². The largest absolute Gasteiger partial charge is 0.383 e. The Labute approximate surface area is 138 Å². The fourth-order valence-electron chi connectivity index (χ4n) is 1.97. The van der Waals surface area contributed by atoms with Crippen molar-refractivity contribution in [1.29, 1.82) is 0 Å². The van der Waals surface area contributed by atoms with Crippen molar-refractivity contribution >= 4 is 5.96 Å². The summed E-state index contributed by atoms with van der Waals surface area (Å²) in [6, 6.07) is 5.23. The lowest BCUT2D eigenvalue weighted by Crippen LogP contribution is -2.41. The van der Waals surface area contributed by atoms with E-state index in [1.54, 1.807) is 26.2 Å². The van der Waals surface area contributed by atoms with E-state index in [0.29, 0.717) is 12.1 Å². The van der Waals surface area contributed by atoms with Gasteiger partial charge in [0, 0.05) is 33.3 Å². The number of nitrogens with one attached hydrogen (secondary N) is 2. The molecule has 2 N–H and O–H groups in total. The number of likely N-dealkylation sites (N-methyl/N-ethyl adjacent to an activating group) is 1. The molecule has 1 rings (SSSR count). The van der Waals surface area contributed by atoms with Gasteiger partial charge >= 0.3 is 0 Å². The second kappa shape index (κ2) is 11.0. The molecule has 0 saturated carbocycles. The number of aryl methyl sites for hydroxylation is 1. The van der Waals surface area contributed by atoms with Crippen molar-refractivity contribution in [2.45, 2.75) is 20.4 Å². The minimum Gasteiger partial charge on any atom is -0.383 e. The molecule has 1 aromatic rings. The first-order chi connectivity index (χ1) is 11.1. The Morgan fingerprint density at radius 1 is 1.30 bits per heavy atom. The fourth-order valence-corrected chi connectivity index (χ4v) is 1.97. The van der Waals surface area contributed by atoms with E-state index in [0.717, 1.165) is 44.3 Å². The number of benzene rings is 1. The lowest BCUT2D eigenvalue weighted by molar-refractivity contribution is 0.162. The standard InChI is InChI=1S/C17H29FN4O/c1-5-19-17(20-8-9-22(3)10-11-23-4)21-13-15-7-6-14(2)16(18)12-15/h6-7,12H,5,8-11,13H2,1-4H3,(H2,19,20,21). The summed E-state index contributed by atoms with van der Waals surface area (Å²) in [6.45, 7) is 8.32. The highest BCUT2D eigenvalue weighted by Crippen LogP contribution is 2.09. The first-order valence-electron chi connectivity index (χ1n) is 8.01. The van der Waals surface area contributed by atoms with E-state index in [2.05, 4.69) is 27.6 Å². The monoisotopic (exact) mass is 324 g/mol. The van der Waals surface area contributed by atoms with Gasteiger partial charge in [-0.15, -0.1) is 0 Å². The third-order valence-corrected chi connectivity index (χ3v) is 3.46. The third kappa shape index (κ3) is 7.95. The number of aliphatic imine (C=N–C) groups is 1. The summed E-state index contributed by atoms with van der Waals surface area (Å²) >= 11 is 0.